The number of nitrogens with zero attached hydrogens (tertiary/aromatic N) is 4. The number of fused-ring (bicyclic) bond motifs is 1. The number of hydrogen-bond donors (Lipinski definition) is 3. The van der Waals surface area contributed by atoms with Crippen molar-refractivity contribution < 1.29 is 18.7 Å². The topological polar surface area (TPSA) is 111 Å². The van der Waals surface area contributed by atoms with Gasteiger partial charge in [0.15, 0.2) is 0 Å². The molecular formula is C40H46FN7O3. The molecule has 3 aliphatic heterocycles. The van der Waals surface area contributed by atoms with E-state index in [9.17, 15) is 14.0 Å². The van der Waals surface area contributed by atoms with E-state index in [1.807, 2.05) is 43.4 Å². The zero-order valence-electron chi connectivity index (χ0n) is 29.4. The highest BCUT2D eigenvalue weighted by molar-refractivity contribution is 6.00. The summed E-state index contributed by atoms with van der Waals surface area (Å²) < 4.78 is 20.5. The van der Waals surface area contributed by atoms with E-state index in [-0.39, 0.29) is 29.4 Å². The molecule has 11 heteroatoms. The van der Waals surface area contributed by atoms with Crippen molar-refractivity contribution in [2.45, 2.75) is 83.2 Å². The largest absolute Gasteiger partial charge is 0.438 e. The number of allylic oxidation sites excluding steroid dienone is 3. The number of hydrogen-bond acceptors (Lipinski definition) is 8. The maximum Gasteiger partial charge on any atom is 0.257 e. The van der Waals surface area contributed by atoms with Gasteiger partial charge >= 0.3 is 0 Å². The van der Waals surface area contributed by atoms with Crippen LogP contribution < -0.4 is 20.7 Å². The molecule has 10 nitrogen and oxygen atoms in total. The fraction of sp³-hybridized carbons (Fsp3) is 0.400. The van der Waals surface area contributed by atoms with Gasteiger partial charge in [-0.1, -0.05) is 42.5 Å². The zero-order chi connectivity index (χ0) is 35.5. The van der Waals surface area contributed by atoms with Crippen molar-refractivity contribution in [3.63, 3.8) is 0 Å². The molecule has 7 rings (SSSR count). The van der Waals surface area contributed by atoms with E-state index in [1.54, 1.807) is 6.07 Å². The Morgan fingerprint density at radius 2 is 1.67 bits per heavy atom. The van der Waals surface area contributed by atoms with Crippen molar-refractivity contribution in [2.24, 2.45) is 4.99 Å². The van der Waals surface area contributed by atoms with E-state index in [0.29, 0.717) is 37.2 Å². The van der Waals surface area contributed by atoms with E-state index >= 15 is 0 Å². The summed E-state index contributed by atoms with van der Waals surface area (Å²) in [6.07, 6.45) is 9.73. The van der Waals surface area contributed by atoms with Crippen LogP contribution in [0, 0.1) is 5.82 Å². The van der Waals surface area contributed by atoms with E-state index in [1.165, 1.54) is 5.56 Å². The van der Waals surface area contributed by atoms with Gasteiger partial charge in [-0.05, 0) is 93.5 Å². The van der Waals surface area contributed by atoms with Crippen molar-refractivity contribution in [2.75, 3.05) is 19.6 Å². The van der Waals surface area contributed by atoms with Crippen LogP contribution in [0.4, 0.5) is 4.39 Å². The molecule has 2 fully saturated rings. The molecule has 266 valence electrons. The molecule has 3 N–H and O–H groups in total. The first-order valence-electron chi connectivity index (χ1n) is 18.0. The van der Waals surface area contributed by atoms with E-state index in [2.05, 4.69) is 73.8 Å². The number of carbonyl (C=O) groups is 2. The molecule has 0 spiro atoms. The molecular weight excluding hydrogens is 645 g/mol. The predicted molar refractivity (Wildman–Crippen MR) is 196 cm³/mol. The van der Waals surface area contributed by atoms with Crippen LogP contribution in [-0.2, 0) is 11.3 Å². The number of rotatable bonds is 9. The van der Waals surface area contributed by atoms with Crippen LogP contribution in [0.3, 0.4) is 0 Å². The number of benzene rings is 2. The summed E-state index contributed by atoms with van der Waals surface area (Å²) in [5.74, 6) is 0.214. The van der Waals surface area contributed by atoms with Gasteiger partial charge in [-0.25, -0.2) is 9.37 Å². The fourth-order valence-electron chi connectivity index (χ4n) is 7.59. The molecule has 2 aromatic carbocycles. The van der Waals surface area contributed by atoms with Gasteiger partial charge in [0, 0.05) is 49.5 Å². The second-order valence-corrected chi connectivity index (χ2v) is 14.3. The average molecular weight is 692 g/mol. The Morgan fingerprint density at radius 1 is 0.941 bits per heavy atom. The molecule has 2 amide bonds. The summed E-state index contributed by atoms with van der Waals surface area (Å²) in [7, 11) is 0. The smallest absolute Gasteiger partial charge is 0.257 e. The number of aromatic nitrogens is 1. The highest BCUT2D eigenvalue weighted by atomic mass is 19.1. The first kappa shape index (κ1) is 34.6. The zero-order valence-corrected chi connectivity index (χ0v) is 29.4. The van der Waals surface area contributed by atoms with Crippen LogP contribution in [0.5, 0.6) is 11.6 Å². The third-order valence-electron chi connectivity index (χ3n) is 10.1. The Balaban J connectivity index is 0.935. The molecule has 3 atom stereocenters. The Bertz CT molecular complexity index is 1840. The molecule has 0 bridgehead atoms. The second-order valence-electron chi connectivity index (χ2n) is 14.3. The maximum atomic E-state index is 14.4. The van der Waals surface area contributed by atoms with Crippen LogP contribution >= 0.6 is 0 Å². The lowest BCUT2D eigenvalue weighted by Gasteiger charge is -2.36. The number of amides is 2. The van der Waals surface area contributed by atoms with Crippen LogP contribution in [0.1, 0.15) is 62.4 Å². The molecule has 1 saturated heterocycles. The van der Waals surface area contributed by atoms with Crippen LogP contribution in [0.2, 0.25) is 0 Å². The number of nitrogens with one attached hydrogen (secondary N) is 3. The van der Waals surface area contributed by atoms with Gasteiger partial charge in [0.25, 0.3) is 5.91 Å². The molecule has 0 radical (unpaired) electrons. The van der Waals surface area contributed by atoms with Gasteiger partial charge in [0.1, 0.15) is 29.0 Å². The molecule has 3 aromatic rings. The van der Waals surface area contributed by atoms with E-state index in [0.717, 1.165) is 67.4 Å². The lowest BCUT2D eigenvalue weighted by atomic mass is 9.90. The Hall–Kier alpha value is -4.87. The van der Waals surface area contributed by atoms with Gasteiger partial charge in [0.2, 0.25) is 11.8 Å². The first-order valence-corrected chi connectivity index (χ1v) is 18.0. The predicted octanol–water partition coefficient (Wildman–Crippen LogP) is 5.58. The Labute approximate surface area is 298 Å². The summed E-state index contributed by atoms with van der Waals surface area (Å²) in [5.41, 5.74) is 4.37. The fourth-order valence-corrected chi connectivity index (χ4v) is 7.59. The Kier molecular flexibility index (Phi) is 10.3. The second kappa shape index (κ2) is 15.2. The standard InChI is InChI=1S/C40H46FN7O3/c1-25-21-47(22-26(2)43-25)23-28-10-12-29(13-11-28)30-7-5-8-34(18-30)51-40-35(19-31(41)20-42-40)38(49)44-32-14-16-33(17-15-32)45-39(50)36-24-48-27(3)6-4-9-37(48)46-36/h4-13,18-20,25-26,32-33,36,43H,14-17,21-24H2,1-3H3,(H,44,49)(H,45,50)/t25-,26+,32?,33?,36?. The quantitative estimate of drug-likeness (QED) is 0.269. The lowest BCUT2D eigenvalue weighted by Crippen LogP contribution is -2.53. The van der Waals surface area contributed by atoms with Gasteiger partial charge in [-0.3, -0.25) is 19.5 Å². The highest BCUT2D eigenvalue weighted by Gasteiger charge is 2.33. The highest BCUT2D eigenvalue weighted by Crippen LogP contribution is 2.30. The summed E-state index contributed by atoms with van der Waals surface area (Å²) in [6.45, 7) is 9.95. The van der Waals surface area contributed by atoms with Gasteiger partial charge in [-0.15, -0.1) is 0 Å². The number of amidine groups is 1. The number of pyridine rings is 1. The van der Waals surface area contributed by atoms with Gasteiger partial charge in [0.05, 0.1) is 12.7 Å². The number of aliphatic imine (C=N–C) groups is 1. The van der Waals surface area contributed by atoms with Crippen LogP contribution in [0.15, 0.2) is 89.7 Å². The number of piperazine rings is 1. The van der Waals surface area contributed by atoms with Gasteiger partial charge < -0.3 is 25.6 Å². The number of halogens is 1. The third-order valence-corrected chi connectivity index (χ3v) is 10.1. The minimum absolute atomic E-state index is 0.00808. The minimum atomic E-state index is -0.620. The molecule has 1 aromatic heterocycles. The van der Waals surface area contributed by atoms with E-state index < -0.39 is 17.8 Å². The first-order chi connectivity index (χ1) is 24.7. The van der Waals surface area contributed by atoms with Crippen LogP contribution in [-0.4, -0.2) is 82.3 Å². The summed E-state index contributed by atoms with van der Waals surface area (Å²) in [6, 6.07) is 17.7. The molecule has 1 aliphatic carbocycles. The molecule has 1 saturated carbocycles. The third kappa shape index (κ3) is 8.37. The van der Waals surface area contributed by atoms with Crippen molar-refractivity contribution >= 4 is 17.6 Å². The molecule has 1 unspecified atom stereocenters. The Morgan fingerprint density at radius 3 is 2.39 bits per heavy atom. The molecule has 4 heterocycles. The van der Waals surface area contributed by atoms with Crippen molar-refractivity contribution in [1.29, 1.82) is 0 Å². The molecule has 4 aliphatic rings. The molecule has 51 heavy (non-hydrogen) atoms. The van der Waals surface area contributed by atoms with Crippen molar-refractivity contribution in [3.05, 3.63) is 102 Å². The SMILES string of the molecule is CC1=CC=CC2=NC(C(=O)NC3CCC(NC(=O)c4cc(F)cnc4Oc4cccc(-c5ccc(CN6C[C@@H](C)N[C@@H](C)C6)cc5)c4)CC3)CN12. The van der Waals surface area contributed by atoms with Crippen molar-refractivity contribution in [3.8, 4) is 22.8 Å². The summed E-state index contributed by atoms with van der Waals surface area (Å²) in [4.78, 5) is 39.7. The van der Waals surface area contributed by atoms with Gasteiger partial charge in [-0.2, -0.15) is 0 Å². The van der Waals surface area contributed by atoms with Crippen LogP contribution in [0.25, 0.3) is 11.1 Å². The maximum absolute atomic E-state index is 14.4. The van der Waals surface area contributed by atoms with Crippen molar-refractivity contribution in [1.82, 2.24) is 30.7 Å². The lowest BCUT2D eigenvalue weighted by molar-refractivity contribution is -0.123. The normalized spacial score (nSPS) is 24.7. The average Bonchev–Trinajstić information content (AvgIpc) is 3.56. The van der Waals surface area contributed by atoms with E-state index in [4.69, 9.17) is 4.74 Å². The monoisotopic (exact) mass is 691 g/mol. The number of carbonyl (C=O) groups excluding carboxylic acids is 2. The minimum Gasteiger partial charge on any atom is -0.438 e. The summed E-state index contributed by atoms with van der Waals surface area (Å²) >= 11 is 0. The summed E-state index contributed by atoms with van der Waals surface area (Å²) in [5, 5.41) is 9.79. The number of ether oxygens (including phenoxy) is 1.